The summed E-state index contributed by atoms with van der Waals surface area (Å²) >= 11 is 3.35. The number of rotatable bonds is 4. The molecule has 4 unspecified atom stereocenters. The average Bonchev–Trinajstić information content (AvgIpc) is 3.20. The van der Waals surface area contributed by atoms with Crippen LogP contribution in [0.25, 0.3) is 11.2 Å². The Kier molecular flexibility index (Phi) is 4.98. The van der Waals surface area contributed by atoms with Gasteiger partial charge in [-0.2, -0.15) is 0 Å². The zero-order valence-corrected chi connectivity index (χ0v) is 16.0. The fraction of sp³-hybridized carbons (Fsp3) is 0.294. The number of carbonyl (C=O) groups excluding carboxylic acids is 1. The van der Waals surface area contributed by atoms with Crippen molar-refractivity contribution in [2.45, 2.75) is 24.5 Å². The van der Waals surface area contributed by atoms with Crippen molar-refractivity contribution in [3.8, 4) is 0 Å². The van der Waals surface area contributed by atoms with Crippen molar-refractivity contribution < 1.29 is 19.7 Å². The van der Waals surface area contributed by atoms with Crippen LogP contribution in [0.3, 0.4) is 0 Å². The molecular formula is C17H17BrN6O4. The molecule has 3 heterocycles. The quantitative estimate of drug-likeness (QED) is 0.414. The van der Waals surface area contributed by atoms with Gasteiger partial charge in [0.2, 0.25) is 0 Å². The maximum Gasteiger partial charge on any atom is 0.251 e. The van der Waals surface area contributed by atoms with Gasteiger partial charge in [-0.25, -0.2) is 15.0 Å². The van der Waals surface area contributed by atoms with E-state index in [9.17, 15) is 15.0 Å². The van der Waals surface area contributed by atoms with E-state index in [0.717, 1.165) is 0 Å². The molecule has 5 N–H and O–H groups in total. The van der Waals surface area contributed by atoms with Crippen molar-refractivity contribution in [1.29, 1.82) is 0 Å². The monoisotopic (exact) mass is 448 g/mol. The van der Waals surface area contributed by atoms with E-state index in [1.165, 1.54) is 6.33 Å². The number of imidazole rings is 1. The molecule has 146 valence electrons. The number of amides is 1. The molecule has 3 aromatic rings. The predicted octanol–water partition coefficient (Wildman–Crippen LogP) is 0.220. The van der Waals surface area contributed by atoms with Gasteiger partial charge in [0, 0.05) is 5.56 Å². The van der Waals surface area contributed by atoms with Gasteiger partial charge in [0.25, 0.3) is 5.91 Å². The molecule has 1 amide bonds. The number of halogens is 1. The number of nitrogens with two attached hydrogens (primary N) is 1. The molecule has 0 spiro atoms. The van der Waals surface area contributed by atoms with Crippen LogP contribution in [0.2, 0.25) is 0 Å². The number of hydrogen-bond acceptors (Lipinski definition) is 8. The molecule has 28 heavy (non-hydrogen) atoms. The van der Waals surface area contributed by atoms with Crippen LogP contribution in [0.1, 0.15) is 16.6 Å². The SMILES string of the molecule is Nc1ncnc2c1nc(Br)n2C1OC(CO)C(O)C1NC(=O)c1ccccc1. The molecule has 11 heteroatoms. The van der Waals surface area contributed by atoms with E-state index >= 15 is 0 Å². The van der Waals surface area contributed by atoms with Crippen LogP contribution in [0, 0.1) is 0 Å². The molecule has 0 aliphatic carbocycles. The fourth-order valence-corrected chi connectivity index (χ4v) is 3.77. The minimum atomic E-state index is -1.15. The second-order valence-corrected chi connectivity index (χ2v) is 6.99. The molecule has 0 saturated carbocycles. The number of aromatic nitrogens is 4. The number of ether oxygens (including phenoxy) is 1. The third-order valence-electron chi connectivity index (χ3n) is 4.60. The Bertz CT molecular complexity index is 1010. The number of aliphatic hydroxyl groups is 2. The van der Waals surface area contributed by atoms with E-state index in [0.29, 0.717) is 21.5 Å². The maximum atomic E-state index is 12.6. The summed E-state index contributed by atoms with van der Waals surface area (Å²) in [5, 5.41) is 23.0. The highest BCUT2D eigenvalue weighted by Crippen LogP contribution is 2.35. The first-order chi connectivity index (χ1) is 13.5. The van der Waals surface area contributed by atoms with E-state index in [1.54, 1.807) is 34.9 Å². The first-order valence-corrected chi connectivity index (χ1v) is 9.24. The molecule has 1 aliphatic heterocycles. The summed E-state index contributed by atoms with van der Waals surface area (Å²) in [5.74, 6) is -0.196. The van der Waals surface area contributed by atoms with Gasteiger partial charge in [-0.05, 0) is 28.1 Å². The minimum absolute atomic E-state index is 0.187. The highest BCUT2D eigenvalue weighted by Gasteiger charge is 2.46. The van der Waals surface area contributed by atoms with Crippen molar-refractivity contribution in [2.24, 2.45) is 0 Å². The van der Waals surface area contributed by atoms with Gasteiger partial charge in [0.1, 0.15) is 24.6 Å². The minimum Gasteiger partial charge on any atom is -0.394 e. The second kappa shape index (κ2) is 7.43. The van der Waals surface area contributed by atoms with Gasteiger partial charge < -0.3 is 26.0 Å². The van der Waals surface area contributed by atoms with E-state index in [4.69, 9.17) is 10.5 Å². The summed E-state index contributed by atoms with van der Waals surface area (Å²) in [7, 11) is 0. The van der Waals surface area contributed by atoms with Gasteiger partial charge in [-0.1, -0.05) is 18.2 Å². The number of carbonyl (C=O) groups is 1. The summed E-state index contributed by atoms with van der Waals surface area (Å²) in [6, 6.07) is 7.73. The van der Waals surface area contributed by atoms with Gasteiger partial charge in [-0.15, -0.1) is 0 Å². The lowest BCUT2D eigenvalue weighted by molar-refractivity contribution is -0.0447. The number of nitrogen functional groups attached to an aromatic ring is 1. The third-order valence-corrected chi connectivity index (χ3v) is 5.16. The molecule has 10 nitrogen and oxygen atoms in total. The first kappa shape index (κ1) is 18.7. The standard InChI is InChI=1S/C17H17BrN6O4/c18-17-23-11-13(19)20-7-21-14(11)24(17)16-10(12(26)9(6-25)28-16)22-15(27)8-4-2-1-3-5-8/h1-5,7,9-10,12,16,25-26H,6H2,(H,22,27)(H2,19,20,21). The van der Waals surface area contributed by atoms with Crippen LogP contribution in [-0.2, 0) is 4.74 Å². The summed E-state index contributed by atoms with van der Waals surface area (Å²) in [6.45, 7) is -0.420. The lowest BCUT2D eigenvalue weighted by Crippen LogP contribution is -2.46. The van der Waals surface area contributed by atoms with E-state index in [2.05, 4.69) is 36.2 Å². The van der Waals surface area contributed by atoms with Crippen LogP contribution in [0.5, 0.6) is 0 Å². The Morgan fingerprint density at radius 3 is 2.79 bits per heavy atom. The second-order valence-electron chi connectivity index (χ2n) is 6.29. The first-order valence-electron chi connectivity index (χ1n) is 8.45. The average molecular weight is 449 g/mol. The Hall–Kier alpha value is -2.60. The van der Waals surface area contributed by atoms with Crippen LogP contribution >= 0.6 is 15.9 Å². The number of anilines is 1. The Morgan fingerprint density at radius 1 is 1.32 bits per heavy atom. The number of benzene rings is 1. The zero-order chi connectivity index (χ0) is 19.8. The molecule has 1 aliphatic rings. The number of hydrogen-bond donors (Lipinski definition) is 4. The Morgan fingerprint density at radius 2 is 2.07 bits per heavy atom. The summed E-state index contributed by atoms with van der Waals surface area (Å²) in [4.78, 5) is 25.0. The van der Waals surface area contributed by atoms with Crippen LogP contribution in [-0.4, -0.2) is 60.5 Å². The molecule has 1 fully saturated rings. The Balaban J connectivity index is 1.73. The zero-order valence-electron chi connectivity index (χ0n) is 14.4. The normalized spacial score (nSPS) is 24.5. The van der Waals surface area contributed by atoms with E-state index in [-0.39, 0.29) is 11.7 Å². The summed E-state index contributed by atoms with van der Waals surface area (Å²) in [5.41, 5.74) is 7.02. The number of fused-ring (bicyclic) bond motifs is 1. The maximum absolute atomic E-state index is 12.6. The van der Waals surface area contributed by atoms with Crippen LogP contribution in [0.15, 0.2) is 41.4 Å². The molecule has 1 aromatic carbocycles. The molecule has 0 bridgehead atoms. The fourth-order valence-electron chi connectivity index (χ4n) is 3.22. The van der Waals surface area contributed by atoms with Crippen molar-refractivity contribution in [3.05, 3.63) is 47.0 Å². The van der Waals surface area contributed by atoms with Gasteiger partial charge in [0.05, 0.1) is 6.61 Å². The number of aliphatic hydroxyl groups excluding tert-OH is 2. The highest BCUT2D eigenvalue weighted by atomic mass is 79.9. The molecular weight excluding hydrogens is 432 g/mol. The smallest absolute Gasteiger partial charge is 0.251 e. The summed E-state index contributed by atoms with van der Waals surface area (Å²) < 4.78 is 7.72. The van der Waals surface area contributed by atoms with Gasteiger partial charge in [-0.3, -0.25) is 9.36 Å². The number of nitrogens with zero attached hydrogens (tertiary/aromatic N) is 4. The molecule has 4 rings (SSSR count). The Labute approximate surface area is 167 Å². The lowest BCUT2D eigenvalue weighted by Gasteiger charge is -2.23. The predicted molar refractivity (Wildman–Crippen MR) is 102 cm³/mol. The largest absolute Gasteiger partial charge is 0.394 e. The van der Waals surface area contributed by atoms with Gasteiger partial charge in [0.15, 0.2) is 27.9 Å². The van der Waals surface area contributed by atoms with Crippen molar-refractivity contribution in [2.75, 3.05) is 12.3 Å². The lowest BCUT2D eigenvalue weighted by atomic mass is 10.1. The summed E-state index contributed by atoms with van der Waals surface area (Å²) in [6.07, 6.45) is -1.64. The highest BCUT2D eigenvalue weighted by molar-refractivity contribution is 9.10. The molecule has 2 aromatic heterocycles. The molecule has 0 radical (unpaired) electrons. The molecule has 4 atom stereocenters. The molecule has 1 saturated heterocycles. The topological polar surface area (TPSA) is 148 Å². The third kappa shape index (κ3) is 3.11. The van der Waals surface area contributed by atoms with Crippen molar-refractivity contribution >= 4 is 38.8 Å². The van der Waals surface area contributed by atoms with Crippen LogP contribution in [0.4, 0.5) is 5.82 Å². The van der Waals surface area contributed by atoms with E-state index in [1.807, 2.05) is 0 Å². The van der Waals surface area contributed by atoms with Crippen molar-refractivity contribution in [1.82, 2.24) is 24.8 Å². The van der Waals surface area contributed by atoms with Crippen molar-refractivity contribution in [3.63, 3.8) is 0 Å². The van der Waals surface area contributed by atoms with Crippen LogP contribution < -0.4 is 11.1 Å². The van der Waals surface area contributed by atoms with Gasteiger partial charge >= 0.3 is 0 Å². The van der Waals surface area contributed by atoms with E-state index < -0.39 is 31.1 Å². The number of nitrogens with one attached hydrogen (secondary N) is 1.